The Morgan fingerprint density at radius 1 is 0.500 bits per heavy atom. The van der Waals surface area contributed by atoms with E-state index in [9.17, 15) is 0 Å². The van der Waals surface area contributed by atoms with Crippen molar-refractivity contribution in [2.75, 3.05) is 0 Å². The minimum absolute atomic E-state index is 0.647. The summed E-state index contributed by atoms with van der Waals surface area (Å²) in [6.45, 7) is 6.37. The highest BCUT2D eigenvalue weighted by Crippen LogP contribution is 2.25. The molecule has 4 aromatic carbocycles. The second-order valence-corrected chi connectivity index (χ2v) is 9.67. The van der Waals surface area contributed by atoms with Crippen LogP contribution in [-0.4, -0.2) is 15.0 Å². The molecule has 0 amide bonds. The van der Waals surface area contributed by atoms with Gasteiger partial charge in [0.05, 0.1) is 0 Å². The van der Waals surface area contributed by atoms with Crippen LogP contribution in [0.25, 0.3) is 34.2 Å². The highest BCUT2D eigenvalue weighted by Gasteiger charge is 2.12. The third-order valence-corrected chi connectivity index (χ3v) is 6.52. The normalized spacial score (nSPS) is 10.6. The Hall–Kier alpha value is -4.55. The van der Waals surface area contributed by atoms with Gasteiger partial charge in [0.15, 0.2) is 17.5 Å². The third-order valence-electron chi connectivity index (χ3n) is 6.52. The summed E-state index contributed by atoms with van der Waals surface area (Å²) in [6.07, 6.45) is 3.56. The van der Waals surface area contributed by atoms with E-state index in [1.807, 2.05) is 24.3 Å². The number of aromatic nitrogens is 3. The number of aryl methyl sites for hydroxylation is 3. The van der Waals surface area contributed by atoms with Crippen molar-refractivity contribution in [2.24, 2.45) is 0 Å². The van der Waals surface area contributed by atoms with Gasteiger partial charge in [-0.25, -0.2) is 15.0 Å². The maximum Gasteiger partial charge on any atom is 0.164 e. The van der Waals surface area contributed by atoms with Crippen LogP contribution in [0, 0.1) is 25.7 Å². The molecule has 0 spiro atoms. The molecule has 38 heavy (non-hydrogen) atoms. The van der Waals surface area contributed by atoms with Crippen LogP contribution in [0.4, 0.5) is 0 Å². The van der Waals surface area contributed by atoms with Gasteiger partial charge in [-0.05, 0) is 68.7 Å². The first-order chi connectivity index (χ1) is 18.6. The van der Waals surface area contributed by atoms with Crippen LogP contribution >= 0.6 is 0 Å². The lowest BCUT2D eigenvalue weighted by Crippen LogP contribution is -2.00. The number of benzene rings is 4. The summed E-state index contributed by atoms with van der Waals surface area (Å²) < 4.78 is 0. The monoisotopic (exact) mass is 493 g/mol. The Labute approximate surface area is 225 Å². The van der Waals surface area contributed by atoms with Gasteiger partial charge in [0.1, 0.15) is 0 Å². The van der Waals surface area contributed by atoms with E-state index in [-0.39, 0.29) is 0 Å². The molecular weight excluding hydrogens is 462 g/mol. The average Bonchev–Trinajstić information content (AvgIpc) is 2.96. The average molecular weight is 494 g/mol. The summed E-state index contributed by atoms with van der Waals surface area (Å²) in [5.74, 6) is 8.54. The van der Waals surface area contributed by atoms with Crippen LogP contribution in [0.1, 0.15) is 47.6 Å². The van der Waals surface area contributed by atoms with Gasteiger partial charge in [-0.15, -0.1) is 0 Å². The molecule has 5 aromatic rings. The van der Waals surface area contributed by atoms with Crippen LogP contribution in [0.5, 0.6) is 0 Å². The zero-order valence-corrected chi connectivity index (χ0v) is 22.2. The van der Waals surface area contributed by atoms with Crippen LogP contribution in [-0.2, 0) is 6.42 Å². The maximum atomic E-state index is 4.84. The predicted octanol–water partition coefficient (Wildman–Crippen LogP) is 8.23. The molecule has 0 unspecified atom stereocenters. The van der Waals surface area contributed by atoms with Crippen LogP contribution in [0.3, 0.4) is 0 Å². The zero-order chi connectivity index (χ0) is 26.3. The molecule has 0 bridgehead atoms. The van der Waals surface area contributed by atoms with Crippen molar-refractivity contribution in [3.63, 3.8) is 0 Å². The Kier molecular flexibility index (Phi) is 7.71. The molecule has 0 saturated heterocycles. The fraction of sp³-hybridized carbons (Fsp3) is 0.171. The summed E-state index contributed by atoms with van der Waals surface area (Å²) in [5.41, 5.74) is 8.62. The van der Waals surface area contributed by atoms with Crippen molar-refractivity contribution < 1.29 is 0 Å². The Morgan fingerprint density at radius 3 is 1.26 bits per heavy atom. The van der Waals surface area contributed by atoms with Crippen molar-refractivity contribution in [2.45, 2.75) is 40.0 Å². The van der Waals surface area contributed by atoms with Gasteiger partial charge in [-0.2, -0.15) is 0 Å². The highest BCUT2D eigenvalue weighted by molar-refractivity contribution is 5.67. The third kappa shape index (κ3) is 6.22. The first kappa shape index (κ1) is 25.1. The Balaban J connectivity index is 1.44. The van der Waals surface area contributed by atoms with E-state index >= 15 is 0 Å². The molecule has 1 aromatic heterocycles. The molecule has 0 N–H and O–H groups in total. The topological polar surface area (TPSA) is 38.7 Å². The number of hydrogen-bond donors (Lipinski definition) is 0. The molecule has 3 heteroatoms. The molecule has 186 valence electrons. The lowest BCUT2D eigenvalue weighted by Gasteiger charge is -2.09. The Bertz CT molecular complexity index is 1510. The molecule has 0 aliphatic heterocycles. The van der Waals surface area contributed by atoms with E-state index < -0.39 is 0 Å². The summed E-state index contributed by atoms with van der Waals surface area (Å²) in [4.78, 5) is 14.5. The smallest absolute Gasteiger partial charge is 0.164 e. The second kappa shape index (κ2) is 11.7. The van der Waals surface area contributed by atoms with Gasteiger partial charge in [0.2, 0.25) is 0 Å². The van der Waals surface area contributed by atoms with Gasteiger partial charge in [0, 0.05) is 27.8 Å². The van der Waals surface area contributed by atoms with E-state index in [1.165, 1.54) is 29.5 Å². The van der Waals surface area contributed by atoms with Crippen molar-refractivity contribution in [3.05, 3.63) is 125 Å². The maximum absolute atomic E-state index is 4.84. The van der Waals surface area contributed by atoms with E-state index in [2.05, 4.69) is 105 Å². The minimum atomic E-state index is 0.647. The number of nitrogens with zero attached hydrogens (tertiary/aromatic N) is 3. The highest BCUT2D eigenvalue weighted by atomic mass is 15.0. The molecule has 1 heterocycles. The molecule has 0 saturated carbocycles. The minimum Gasteiger partial charge on any atom is -0.208 e. The summed E-state index contributed by atoms with van der Waals surface area (Å²) >= 11 is 0. The van der Waals surface area contributed by atoms with Crippen LogP contribution in [0.15, 0.2) is 97.1 Å². The molecule has 0 aliphatic rings. The number of unbranched alkanes of at least 4 members (excludes halogenated alkanes) is 1. The second-order valence-electron chi connectivity index (χ2n) is 9.67. The van der Waals surface area contributed by atoms with Crippen molar-refractivity contribution >= 4 is 0 Å². The summed E-state index contributed by atoms with van der Waals surface area (Å²) in [6, 6.07) is 33.2. The largest absolute Gasteiger partial charge is 0.208 e. The lowest BCUT2D eigenvalue weighted by molar-refractivity contribution is 0.795. The van der Waals surface area contributed by atoms with Gasteiger partial charge < -0.3 is 0 Å². The molecule has 0 radical (unpaired) electrons. The van der Waals surface area contributed by atoms with Crippen LogP contribution in [0.2, 0.25) is 0 Å². The first-order valence-corrected chi connectivity index (χ1v) is 13.2. The van der Waals surface area contributed by atoms with Crippen molar-refractivity contribution in [1.82, 2.24) is 15.0 Å². The molecule has 3 nitrogen and oxygen atoms in total. The standard InChI is InChI=1S/C35H31N3/c1-4-5-6-27-11-13-28(14-12-27)15-16-29-17-23-32(24-18-29)35-37-33(30-19-7-25(2)8-20-30)36-34(38-35)31-21-9-26(3)10-22-31/h7-14,17-24H,4-6H2,1-3H3. The molecule has 0 atom stereocenters. The van der Waals surface area contributed by atoms with Crippen molar-refractivity contribution in [3.8, 4) is 46.0 Å². The Morgan fingerprint density at radius 2 is 0.868 bits per heavy atom. The van der Waals surface area contributed by atoms with Crippen LogP contribution < -0.4 is 0 Å². The summed E-state index contributed by atoms with van der Waals surface area (Å²) in [5, 5.41) is 0. The fourth-order valence-electron chi connectivity index (χ4n) is 4.15. The lowest BCUT2D eigenvalue weighted by atomic mass is 10.1. The number of hydrogen-bond acceptors (Lipinski definition) is 3. The SMILES string of the molecule is CCCCc1ccc(C#Cc2ccc(-c3nc(-c4ccc(C)cc4)nc(-c4ccc(C)cc4)n3)cc2)cc1. The predicted molar refractivity (Wildman–Crippen MR) is 157 cm³/mol. The summed E-state index contributed by atoms with van der Waals surface area (Å²) in [7, 11) is 0. The van der Waals surface area contributed by atoms with Gasteiger partial charge >= 0.3 is 0 Å². The molecule has 0 aliphatic carbocycles. The van der Waals surface area contributed by atoms with Crippen molar-refractivity contribution in [1.29, 1.82) is 0 Å². The fourth-order valence-corrected chi connectivity index (χ4v) is 4.15. The van der Waals surface area contributed by atoms with E-state index in [0.29, 0.717) is 17.5 Å². The molecule has 0 fully saturated rings. The van der Waals surface area contributed by atoms with E-state index in [1.54, 1.807) is 0 Å². The van der Waals surface area contributed by atoms with Gasteiger partial charge in [-0.1, -0.05) is 97.0 Å². The zero-order valence-electron chi connectivity index (χ0n) is 22.2. The molecular formula is C35H31N3. The first-order valence-electron chi connectivity index (χ1n) is 13.2. The van der Waals surface area contributed by atoms with E-state index in [0.717, 1.165) is 34.2 Å². The number of rotatable bonds is 6. The van der Waals surface area contributed by atoms with Gasteiger partial charge in [0.25, 0.3) is 0 Å². The molecule has 5 rings (SSSR count). The quantitative estimate of drug-likeness (QED) is 0.224. The van der Waals surface area contributed by atoms with Gasteiger partial charge in [-0.3, -0.25) is 0 Å². The van der Waals surface area contributed by atoms with E-state index in [4.69, 9.17) is 15.0 Å².